The molecule has 5 nitrogen and oxygen atoms in total. The lowest BCUT2D eigenvalue weighted by Gasteiger charge is -2.21. The first-order valence-electron chi connectivity index (χ1n) is 20.0. The number of hydrogen-bond donors (Lipinski definition) is 2. The van der Waals surface area contributed by atoms with E-state index in [1.807, 2.05) is 103 Å². The standard InChI is InChI=1S/C14H15N.C7H9N.C7H8O.C5H12N2.3C2H6.S8.S7.S6.S5.H2S/c1-12-6-5-11-15-14(12)10-9-13-7-3-2-4-8-13;1-6-4-3-5-8-7(6)2;8-6-7-4-2-1-3-5-7;1-7-4-2-6-3-5-7;3*1-2;1-3-5-7-8-6-4-2;1-3-5-7-6-4-2;1-3-5-6-4-2;1-3-5-4-2;/h2-8,11H,9-10H2,1H3;3-5H,1-2H3;1-5,8H,6H2;6H,2-5H2,1H3;3*1-2H3;;;;;1H2. The fourth-order valence-corrected chi connectivity index (χ4v) is 31.2. The van der Waals surface area contributed by atoms with Gasteiger partial charge in [0.1, 0.15) is 0 Å². The van der Waals surface area contributed by atoms with Gasteiger partial charge in [0.05, 0.1) is 6.61 Å². The predicted molar refractivity (Wildman–Crippen MR) is 395 cm³/mol. The summed E-state index contributed by atoms with van der Waals surface area (Å²) in [7, 11) is 28.2. The van der Waals surface area contributed by atoms with E-state index in [0.717, 1.165) is 37.2 Å². The van der Waals surface area contributed by atoms with E-state index >= 15 is 0 Å². The number of benzene rings is 2. The summed E-state index contributed by atoms with van der Waals surface area (Å²) in [5.41, 5.74) is 7.21. The number of aromatic nitrogens is 2. The summed E-state index contributed by atoms with van der Waals surface area (Å²) >= 11 is 36.3. The average molecular weight is 1470 g/mol. The number of pyridine rings is 2. The van der Waals surface area contributed by atoms with Gasteiger partial charge in [-0.2, -0.15) is 13.5 Å². The van der Waals surface area contributed by atoms with Gasteiger partial charge in [-0.3, -0.25) is 9.97 Å². The fourth-order valence-electron chi connectivity index (χ4n) is 3.73. The minimum atomic E-state index is 0. The molecule has 2 aromatic carbocycles. The molecule has 0 unspecified atom stereocenters. The Kier molecular flexibility index (Phi) is 101. The normalized spacial score (nSPS) is 9.23. The monoisotopic (exact) mass is 1470 g/mol. The number of aliphatic hydroxyl groups excluding tert-OH is 1. The van der Waals surface area contributed by atoms with Crippen LogP contribution in [0.3, 0.4) is 0 Å². The van der Waals surface area contributed by atoms with Crippen LogP contribution in [-0.2, 0) is 269 Å². The minimum absolute atomic E-state index is 0. The van der Waals surface area contributed by atoms with E-state index in [4.69, 9.17) is 5.11 Å². The van der Waals surface area contributed by atoms with E-state index in [-0.39, 0.29) is 20.1 Å². The molecule has 0 saturated carbocycles. The smallest absolute Gasteiger partial charge is 0.0681 e. The number of piperazine rings is 1. The van der Waals surface area contributed by atoms with Crippen molar-refractivity contribution >= 4 is 263 Å². The summed E-state index contributed by atoms with van der Waals surface area (Å²) in [5.74, 6) is 0. The predicted octanol–water partition coefficient (Wildman–Crippen LogP) is 8.70. The first-order valence-corrected chi connectivity index (χ1v) is 49.4. The van der Waals surface area contributed by atoms with Gasteiger partial charge < -0.3 is 15.3 Å². The third-order valence-electron chi connectivity index (χ3n) is 6.64. The zero-order valence-corrected chi connectivity index (χ0v) is 62.8. The highest BCUT2D eigenvalue weighted by Crippen LogP contribution is 2.08. The van der Waals surface area contributed by atoms with Gasteiger partial charge in [-0.1, -0.05) is 114 Å². The Hall–Kier alpha value is 2.69. The Bertz CT molecular complexity index is 2550. The third-order valence-corrected chi connectivity index (χ3v) is 37.7. The van der Waals surface area contributed by atoms with Crippen molar-refractivity contribution in [2.45, 2.75) is 81.8 Å². The Labute approximate surface area is 525 Å². The summed E-state index contributed by atoms with van der Waals surface area (Å²) in [6, 6.07) is 28.2. The molecule has 3 heterocycles. The third kappa shape index (κ3) is 74.8. The number of nitrogens with zero attached hydrogens (tertiary/aromatic N) is 3. The second-order valence-electron chi connectivity index (χ2n) is 10.6. The molecule has 2 N–H and O–H groups in total. The second kappa shape index (κ2) is 81.5. The molecular formula is C39H64N4OS27. The molecule has 2 aromatic heterocycles. The van der Waals surface area contributed by atoms with Gasteiger partial charge >= 0.3 is 0 Å². The van der Waals surface area contributed by atoms with Crippen LogP contribution < -0.4 is 5.32 Å². The van der Waals surface area contributed by atoms with E-state index in [1.54, 1.807) is 62.2 Å². The van der Waals surface area contributed by atoms with E-state index in [0.29, 0.717) is 0 Å². The van der Waals surface area contributed by atoms with E-state index in [1.165, 1.54) is 133 Å². The van der Waals surface area contributed by atoms with E-state index in [2.05, 4.69) is 173 Å². The molecule has 71 heavy (non-hydrogen) atoms. The zero-order valence-electron chi connectivity index (χ0n) is 40.6. The van der Waals surface area contributed by atoms with Crippen LogP contribution in [0.4, 0.5) is 0 Å². The molecule has 0 atom stereocenters. The zero-order chi connectivity index (χ0) is 54.2. The molecule has 5 rings (SSSR count). The van der Waals surface area contributed by atoms with Gasteiger partial charge in [0, 0.05) is 299 Å². The highest BCUT2D eigenvalue weighted by Gasteiger charge is 2.01. The number of nitrogens with one attached hydrogen (secondary N) is 1. The van der Waals surface area contributed by atoms with Crippen LogP contribution in [0.2, 0.25) is 0 Å². The number of aliphatic hydroxyl groups is 1. The van der Waals surface area contributed by atoms with Crippen molar-refractivity contribution in [2.75, 3.05) is 33.2 Å². The molecule has 0 amide bonds. The maximum Gasteiger partial charge on any atom is 0.0681 e. The average Bonchev–Trinajstić information content (AvgIpc) is 3.42. The SMILES string of the molecule is CC.CC.CC.CN1CCNCC1.Cc1cccnc1C.Cc1cccnc1CCc1ccccc1.OCc1ccccc1.S.S=S=S=S=S.S=S=S=S=S=S.S=S=S=S=S=S=S.S=S=S=S=S=S=S=S. The molecule has 1 saturated heterocycles. The Morgan fingerprint density at radius 1 is 0.465 bits per heavy atom. The van der Waals surface area contributed by atoms with Crippen molar-refractivity contribution < 1.29 is 5.11 Å². The van der Waals surface area contributed by atoms with E-state index < -0.39 is 0 Å². The molecule has 1 fully saturated rings. The summed E-state index contributed by atoms with van der Waals surface area (Å²) in [4.78, 5) is 10.8. The van der Waals surface area contributed by atoms with Crippen molar-refractivity contribution in [3.8, 4) is 0 Å². The second-order valence-corrected chi connectivity index (χ2v) is 42.4. The van der Waals surface area contributed by atoms with Gasteiger partial charge in [0.15, 0.2) is 0 Å². The van der Waals surface area contributed by atoms with Crippen molar-refractivity contribution in [1.29, 1.82) is 0 Å². The quantitative estimate of drug-likeness (QED) is 0.205. The first kappa shape index (κ1) is 87.5. The van der Waals surface area contributed by atoms with Crippen LogP contribution in [0, 0.1) is 20.8 Å². The van der Waals surface area contributed by atoms with Crippen molar-refractivity contribution in [2.24, 2.45) is 0 Å². The van der Waals surface area contributed by atoms with Crippen molar-refractivity contribution in [1.82, 2.24) is 20.2 Å². The van der Waals surface area contributed by atoms with Gasteiger partial charge in [-0.15, -0.1) is 0 Å². The van der Waals surface area contributed by atoms with Crippen LogP contribution in [0.1, 0.15) is 75.2 Å². The maximum atomic E-state index is 8.54. The minimum Gasteiger partial charge on any atom is -0.392 e. The number of hydrogen-bond acceptors (Lipinski definition) is 13. The Morgan fingerprint density at radius 3 is 1.10 bits per heavy atom. The molecule has 0 spiro atoms. The summed E-state index contributed by atoms with van der Waals surface area (Å²) < 4.78 is 0. The van der Waals surface area contributed by atoms with Crippen LogP contribution in [0.5, 0.6) is 0 Å². The number of likely N-dealkylation sites (N-methyl/N-ethyl adjacent to an activating group) is 1. The van der Waals surface area contributed by atoms with Crippen LogP contribution in [-0.4, -0.2) is 53.2 Å². The maximum absolute atomic E-state index is 8.54. The van der Waals surface area contributed by atoms with Crippen LogP contribution in [0.15, 0.2) is 97.3 Å². The van der Waals surface area contributed by atoms with Crippen LogP contribution in [0.25, 0.3) is 0 Å². The van der Waals surface area contributed by atoms with Gasteiger partial charge in [0.2, 0.25) is 0 Å². The van der Waals surface area contributed by atoms with Gasteiger partial charge in [-0.05, 0) is 75.0 Å². The summed E-state index contributed by atoms with van der Waals surface area (Å²) in [5, 5.41) is 11.8. The van der Waals surface area contributed by atoms with Gasteiger partial charge in [0.25, 0.3) is 0 Å². The molecule has 32 heteroatoms. The summed E-state index contributed by atoms with van der Waals surface area (Å²) in [6.07, 6.45) is 5.77. The van der Waals surface area contributed by atoms with Gasteiger partial charge in [-0.25, -0.2) is 0 Å². The lowest BCUT2D eigenvalue weighted by atomic mass is 10.1. The molecule has 0 radical (unpaired) electrons. The molecule has 408 valence electrons. The molecule has 0 bridgehead atoms. The lowest BCUT2D eigenvalue weighted by molar-refractivity contribution is 0.282. The highest BCUT2D eigenvalue weighted by atomic mass is 33.4. The van der Waals surface area contributed by atoms with Crippen molar-refractivity contribution in [3.63, 3.8) is 0 Å². The highest BCUT2D eigenvalue weighted by molar-refractivity contribution is 8.70. The molecule has 4 aromatic rings. The topological polar surface area (TPSA) is 61.3 Å². The molecule has 1 aliphatic heterocycles. The Balaban J connectivity index is -0.000000132. The largest absolute Gasteiger partial charge is 0.392 e. The first-order chi connectivity index (χ1) is 34.1. The van der Waals surface area contributed by atoms with Crippen LogP contribution >= 0.6 is 13.5 Å². The molecular weight excluding hydrogens is 1410 g/mol. The molecule has 1 aliphatic rings. The van der Waals surface area contributed by atoms with Crippen molar-refractivity contribution in [3.05, 3.63) is 131 Å². The fraction of sp³-hybridized carbons (Fsp3) is 0.436. The van der Waals surface area contributed by atoms with E-state index in [9.17, 15) is 0 Å². The lowest BCUT2D eigenvalue weighted by Crippen LogP contribution is -2.40. The summed E-state index contributed by atoms with van der Waals surface area (Å²) in [6.45, 7) is 23.1. The Morgan fingerprint density at radius 2 is 0.817 bits per heavy atom. The number of aryl methyl sites for hydroxylation is 5. The number of rotatable bonds is 4. The molecule has 0 aliphatic carbocycles.